The summed E-state index contributed by atoms with van der Waals surface area (Å²) in [6.07, 6.45) is 2.06. The van der Waals surface area contributed by atoms with Crippen molar-refractivity contribution < 1.29 is 4.79 Å². The summed E-state index contributed by atoms with van der Waals surface area (Å²) in [6, 6.07) is 22.2. The molecule has 5 rings (SSSR count). The van der Waals surface area contributed by atoms with E-state index in [1.807, 2.05) is 50.2 Å². The smallest absolute Gasteiger partial charge is 0.255 e. The lowest BCUT2D eigenvalue weighted by Gasteiger charge is -2.29. The second kappa shape index (κ2) is 8.45. The van der Waals surface area contributed by atoms with Gasteiger partial charge < -0.3 is 10.6 Å². The Morgan fingerprint density at radius 3 is 2.55 bits per heavy atom. The number of nitrogens with zero attached hydrogens (tertiary/aromatic N) is 2. The summed E-state index contributed by atoms with van der Waals surface area (Å²) >= 11 is 1.70. The van der Waals surface area contributed by atoms with Gasteiger partial charge in [0.2, 0.25) is 5.95 Å². The third kappa shape index (κ3) is 3.80. The highest BCUT2D eigenvalue weighted by Crippen LogP contribution is 2.37. The van der Waals surface area contributed by atoms with E-state index in [0.717, 1.165) is 39.5 Å². The van der Waals surface area contributed by atoms with E-state index < -0.39 is 0 Å². The fourth-order valence-corrected chi connectivity index (χ4v) is 4.83. The zero-order valence-corrected chi connectivity index (χ0v) is 20.0. The molecule has 1 aliphatic rings. The van der Waals surface area contributed by atoms with Gasteiger partial charge in [-0.25, -0.2) is 4.98 Å². The number of para-hydroxylation sites is 2. The molecule has 0 aliphatic carbocycles. The molecule has 3 aromatic carbocycles. The van der Waals surface area contributed by atoms with Gasteiger partial charge in [0.05, 0.1) is 28.3 Å². The maximum atomic E-state index is 13.7. The van der Waals surface area contributed by atoms with Crippen LogP contribution < -0.4 is 10.6 Å². The SMILES string of the molecule is CSc1ccc(C2=C(C(=O)Nc3ccc(C)cc3C)[C@@H](C)Nc3nc4ccccc4n32)cc1. The highest BCUT2D eigenvalue weighted by atomic mass is 32.2. The Labute approximate surface area is 197 Å². The van der Waals surface area contributed by atoms with Gasteiger partial charge >= 0.3 is 0 Å². The first-order chi connectivity index (χ1) is 16.0. The topological polar surface area (TPSA) is 59.0 Å². The van der Waals surface area contributed by atoms with Gasteiger partial charge in [-0.05, 0) is 68.5 Å². The fourth-order valence-electron chi connectivity index (χ4n) is 4.42. The average Bonchev–Trinajstić information content (AvgIpc) is 3.18. The van der Waals surface area contributed by atoms with Crippen LogP contribution in [0.4, 0.5) is 11.6 Å². The molecule has 6 heteroatoms. The van der Waals surface area contributed by atoms with Crippen LogP contribution in [-0.2, 0) is 4.79 Å². The Bertz CT molecular complexity index is 1400. The summed E-state index contributed by atoms with van der Waals surface area (Å²) in [6.45, 7) is 6.08. The third-order valence-corrected chi connectivity index (χ3v) is 6.80. The van der Waals surface area contributed by atoms with Crippen molar-refractivity contribution >= 4 is 46.0 Å². The van der Waals surface area contributed by atoms with Crippen molar-refractivity contribution in [1.29, 1.82) is 0 Å². The summed E-state index contributed by atoms with van der Waals surface area (Å²) in [5.41, 5.74) is 7.41. The highest BCUT2D eigenvalue weighted by Gasteiger charge is 2.32. The van der Waals surface area contributed by atoms with Crippen LogP contribution in [0.15, 0.2) is 77.2 Å². The Kier molecular flexibility index (Phi) is 5.46. The molecule has 0 saturated carbocycles. The van der Waals surface area contributed by atoms with Crippen molar-refractivity contribution in [2.75, 3.05) is 16.9 Å². The van der Waals surface area contributed by atoms with E-state index in [2.05, 4.69) is 58.7 Å². The number of amides is 1. The normalized spacial score (nSPS) is 15.3. The summed E-state index contributed by atoms with van der Waals surface area (Å²) < 4.78 is 2.07. The Hall–Kier alpha value is -3.51. The number of imidazole rings is 1. The molecule has 2 N–H and O–H groups in total. The minimum atomic E-state index is -0.213. The molecular weight excluding hydrogens is 428 g/mol. The number of rotatable bonds is 4. The van der Waals surface area contributed by atoms with E-state index in [1.165, 1.54) is 10.5 Å². The van der Waals surface area contributed by atoms with Gasteiger partial charge in [-0.3, -0.25) is 9.36 Å². The summed E-state index contributed by atoms with van der Waals surface area (Å²) in [7, 11) is 0. The molecule has 5 nitrogen and oxygen atoms in total. The van der Waals surface area contributed by atoms with Crippen LogP contribution in [0.3, 0.4) is 0 Å². The number of hydrogen-bond acceptors (Lipinski definition) is 4. The lowest BCUT2D eigenvalue weighted by Crippen LogP contribution is -2.34. The molecule has 1 amide bonds. The Balaban J connectivity index is 1.71. The van der Waals surface area contributed by atoms with Gasteiger partial charge in [-0.15, -0.1) is 11.8 Å². The Morgan fingerprint density at radius 1 is 1.06 bits per heavy atom. The maximum Gasteiger partial charge on any atom is 0.255 e. The molecule has 0 unspecified atom stereocenters. The fraction of sp³-hybridized carbons (Fsp3) is 0.185. The lowest BCUT2D eigenvalue weighted by molar-refractivity contribution is -0.113. The molecular formula is C27H26N4OS. The predicted octanol–water partition coefficient (Wildman–Crippen LogP) is 6.09. The van der Waals surface area contributed by atoms with Gasteiger partial charge in [0, 0.05) is 10.6 Å². The molecule has 1 aliphatic heterocycles. The highest BCUT2D eigenvalue weighted by molar-refractivity contribution is 7.98. The molecule has 0 fully saturated rings. The van der Waals surface area contributed by atoms with Crippen molar-refractivity contribution in [2.45, 2.75) is 31.7 Å². The number of nitrogens with one attached hydrogen (secondary N) is 2. The largest absolute Gasteiger partial charge is 0.349 e. The summed E-state index contributed by atoms with van der Waals surface area (Å²) in [5.74, 6) is 0.630. The number of carbonyl (C=O) groups is 1. The quantitative estimate of drug-likeness (QED) is 0.367. The molecule has 0 radical (unpaired) electrons. The number of anilines is 2. The number of thioether (sulfide) groups is 1. The molecule has 33 heavy (non-hydrogen) atoms. The summed E-state index contributed by atoms with van der Waals surface area (Å²) in [4.78, 5) is 19.7. The standard InChI is InChI=1S/C27H26N4OS/c1-16-9-14-21(17(2)15-16)29-26(32)24-18(3)28-27-30-22-7-5-6-8-23(22)31(27)25(24)19-10-12-20(33-4)13-11-19/h5-15,18H,1-4H3,(H,28,30)(H,29,32)/t18-/m1/s1. The minimum Gasteiger partial charge on any atom is -0.349 e. The van der Waals surface area contributed by atoms with Crippen molar-refractivity contribution in [1.82, 2.24) is 9.55 Å². The van der Waals surface area contributed by atoms with Gasteiger partial charge in [-0.1, -0.05) is 42.0 Å². The third-order valence-electron chi connectivity index (χ3n) is 6.06. The Morgan fingerprint density at radius 2 is 1.82 bits per heavy atom. The lowest BCUT2D eigenvalue weighted by atomic mass is 9.97. The van der Waals surface area contributed by atoms with Crippen LogP contribution in [0.25, 0.3) is 16.7 Å². The van der Waals surface area contributed by atoms with Gasteiger partial charge in [0.15, 0.2) is 0 Å². The van der Waals surface area contributed by atoms with Gasteiger partial charge in [-0.2, -0.15) is 0 Å². The van der Waals surface area contributed by atoms with Crippen molar-refractivity contribution in [2.24, 2.45) is 0 Å². The van der Waals surface area contributed by atoms with Crippen molar-refractivity contribution in [3.8, 4) is 0 Å². The number of fused-ring (bicyclic) bond motifs is 3. The van der Waals surface area contributed by atoms with E-state index in [9.17, 15) is 4.79 Å². The van der Waals surface area contributed by atoms with Crippen LogP contribution >= 0.6 is 11.8 Å². The zero-order chi connectivity index (χ0) is 23.1. The second-order valence-corrected chi connectivity index (χ2v) is 9.27. The molecule has 2 heterocycles. The molecule has 0 bridgehead atoms. The molecule has 166 valence electrons. The second-order valence-electron chi connectivity index (χ2n) is 8.39. The molecule has 4 aromatic rings. The monoisotopic (exact) mass is 454 g/mol. The molecule has 0 saturated heterocycles. The molecule has 0 spiro atoms. The molecule has 1 aromatic heterocycles. The first-order valence-corrected chi connectivity index (χ1v) is 12.2. The number of aromatic nitrogens is 2. The first kappa shape index (κ1) is 21.3. The number of benzene rings is 3. The van der Waals surface area contributed by atoms with Crippen LogP contribution in [0.1, 0.15) is 23.6 Å². The van der Waals surface area contributed by atoms with E-state index in [-0.39, 0.29) is 11.9 Å². The number of hydrogen-bond donors (Lipinski definition) is 2. The number of aryl methyl sites for hydroxylation is 2. The average molecular weight is 455 g/mol. The van der Waals surface area contributed by atoms with Gasteiger partial charge in [0.1, 0.15) is 0 Å². The summed E-state index contributed by atoms with van der Waals surface area (Å²) in [5, 5.41) is 6.60. The maximum absolute atomic E-state index is 13.7. The molecule has 1 atom stereocenters. The van der Waals surface area contributed by atoms with Crippen molar-refractivity contribution in [3.05, 3.63) is 89.0 Å². The van der Waals surface area contributed by atoms with Gasteiger partial charge in [0.25, 0.3) is 5.91 Å². The first-order valence-electron chi connectivity index (χ1n) is 11.0. The van der Waals surface area contributed by atoms with Crippen molar-refractivity contribution in [3.63, 3.8) is 0 Å². The number of carbonyl (C=O) groups excluding carboxylic acids is 1. The van der Waals surface area contributed by atoms with E-state index in [4.69, 9.17) is 4.98 Å². The van der Waals surface area contributed by atoms with Crippen LogP contribution in [-0.4, -0.2) is 27.8 Å². The minimum absolute atomic E-state index is 0.116. The van der Waals surface area contributed by atoms with Crippen LogP contribution in [0.5, 0.6) is 0 Å². The zero-order valence-electron chi connectivity index (χ0n) is 19.1. The van der Waals surface area contributed by atoms with E-state index >= 15 is 0 Å². The van der Waals surface area contributed by atoms with Crippen LogP contribution in [0, 0.1) is 13.8 Å². The van der Waals surface area contributed by atoms with Crippen LogP contribution in [0.2, 0.25) is 0 Å². The predicted molar refractivity (Wildman–Crippen MR) is 138 cm³/mol. The van der Waals surface area contributed by atoms with E-state index in [0.29, 0.717) is 5.57 Å². The van der Waals surface area contributed by atoms with E-state index in [1.54, 1.807) is 11.8 Å².